The van der Waals surface area contributed by atoms with Crippen molar-refractivity contribution >= 4 is 16.9 Å². The predicted molar refractivity (Wildman–Crippen MR) is 101 cm³/mol. The molecule has 0 aliphatic carbocycles. The summed E-state index contributed by atoms with van der Waals surface area (Å²) in [6.45, 7) is 4.46. The smallest absolute Gasteiger partial charge is 0.287 e. The van der Waals surface area contributed by atoms with Crippen molar-refractivity contribution in [1.82, 2.24) is 10.2 Å². The van der Waals surface area contributed by atoms with E-state index < -0.39 is 0 Å². The summed E-state index contributed by atoms with van der Waals surface area (Å²) in [5.41, 5.74) is 3.93. The van der Waals surface area contributed by atoms with Gasteiger partial charge in [-0.1, -0.05) is 42.5 Å². The number of fused-ring (bicyclic) bond motifs is 1. The zero-order chi connectivity index (χ0) is 18.0. The number of furan rings is 1. The van der Waals surface area contributed by atoms with Gasteiger partial charge in [0.05, 0.1) is 6.04 Å². The summed E-state index contributed by atoms with van der Waals surface area (Å²) in [4.78, 5) is 14.8. The van der Waals surface area contributed by atoms with Crippen LogP contribution in [0.1, 0.15) is 33.3 Å². The fourth-order valence-electron chi connectivity index (χ4n) is 3.09. The van der Waals surface area contributed by atoms with Gasteiger partial charge in [-0.2, -0.15) is 0 Å². The molecule has 1 atom stereocenters. The molecule has 0 saturated carbocycles. The number of aryl methyl sites for hydroxylation is 2. The minimum atomic E-state index is -0.172. The average molecular weight is 336 g/mol. The summed E-state index contributed by atoms with van der Waals surface area (Å²) in [6, 6.07) is 16.3. The number of benzene rings is 2. The molecule has 0 aliphatic rings. The van der Waals surface area contributed by atoms with Crippen molar-refractivity contribution in [1.29, 1.82) is 0 Å². The monoisotopic (exact) mass is 336 g/mol. The van der Waals surface area contributed by atoms with Crippen LogP contribution >= 0.6 is 0 Å². The molecule has 25 heavy (non-hydrogen) atoms. The van der Waals surface area contributed by atoms with E-state index in [1.165, 1.54) is 5.56 Å². The Bertz CT molecular complexity index is 882. The molecular weight excluding hydrogens is 312 g/mol. The number of likely N-dealkylation sites (N-methyl/N-ethyl adjacent to an activating group) is 1. The van der Waals surface area contributed by atoms with Gasteiger partial charge in [-0.05, 0) is 45.1 Å². The molecule has 3 rings (SSSR count). The summed E-state index contributed by atoms with van der Waals surface area (Å²) >= 11 is 0. The van der Waals surface area contributed by atoms with E-state index in [1.807, 2.05) is 64.3 Å². The van der Waals surface area contributed by atoms with E-state index in [0.717, 1.165) is 22.1 Å². The van der Waals surface area contributed by atoms with E-state index in [0.29, 0.717) is 12.3 Å². The van der Waals surface area contributed by atoms with E-state index >= 15 is 0 Å². The highest BCUT2D eigenvalue weighted by Crippen LogP contribution is 2.26. The largest absolute Gasteiger partial charge is 0.451 e. The molecule has 4 nitrogen and oxygen atoms in total. The van der Waals surface area contributed by atoms with Crippen LogP contribution < -0.4 is 5.32 Å². The maximum Gasteiger partial charge on any atom is 0.287 e. The maximum atomic E-state index is 12.7. The zero-order valence-electron chi connectivity index (χ0n) is 15.2. The first-order valence-electron chi connectivity index (χ1n) is 8.46. The van der Waals surface area contributed by atoms with Crippen LogP contribution in [0.15, 0.2) is 52.9 Å². The van der Waals surface area contributed by atoms with Gasteiger partial charge in [-0.25, -0.2) is 0 Å². The van der Waals surface area contributed by atoms with E-state index in [2.05, 4.69) is 22.3 Å². The molecule has 0 saturated heterocycles. The van der Waals surface area contributed by atoms with Crippen molar-refractivity contribution in [2.24, 2.45) is 0 Å². The van der Waals surface area contributed by atoms with Crippen LogP contribution in [0.2, 0.25) is 0 Å². The van der Waals surface area contributed by atoms with Gasteiger partial charge in [0.15, 0.2) is 5.76 Å². The van der Waals surface area contributed by atoms with Gasteiger partial charge in [0.25, 0.3) is 5.91 Å². The highest BCUT2D eigenvalue weighted by Gasteiger charge is 2.20. The fourth-order valence-corrected chi connectivity index (χ4v) is 3.09. The molecular formula is C21H24N2O2. The molecule has 0 radical (unpaired) electrons. The molecule has 0 unspecified atom stereocenters. The van der Waals surface area contributed by atoms with Crippen molar-refractivity contribution < 1.29 is 9.21 Å². The van der Waals surface area contributed by atoms with E-state index in [1.54, 1.807) is 0 Å². The standard InChI is InChI=1S/C21H24N2O2/c1-14-10-11-17-15(2)20(25-19(17)12-14)21(24)22-13-18(23(3)4)16-8-6-5-7-9-16/h5-12,18H,13H2,1-4H3,(H,22,24)/t18-/m0/s1. The average Bonchev–Trinajstić information content (AvgIpc) is 2.91. The van der Waals surface area contributed by atoms with Gasteiger partial charge in [-0.3, -0.25) is 4.79 Å². The van der Waals surface area contributed by atoms with Crippen LogP contribution in [0.3, 0.4) is 0 Å². The Morgan fingerprint density at radius 3 is 2.52 bits per heavy atom. The molecule has 2 aromatic carbocycles. The molecule has 1 N–H and O–H groups in total. The first-order chi connectivity index (χ1) is 12.0. The fraction of sp³-hybridized carbons (Fsp3) is 0.286. The van der Waals surface area contributed by atoms with Crippen LogP contribution in [-0.2, 0) is 0 Å². The quantitative estimate of drug-likeness (QED) is 0.763. The van der Waals surface area contributed by atoms with Crippen LogP contribution in [0, 0.1) is 13.8 Å². The van der Waals surface area contributed by atoms with E-state index in [-0.39, 0.29) is 11.9 Å². The SMILES string of the molecule is Cc1ccc2c(C)c(C(=O)NC[C@@H](c3ccccc3)N(C)C)oc2c1. The Morgan fingerprint density at radius 2 is 1.84 bits per heavy atom. The second-order valence-corrected chi connectivity index (χ2v) is 6.66. The molecule has 0 bridgehead atoms. The molecule has 0 aliphatic heterocycles. The van der Waals surface area contributed by atoms with Crippen molar-refractivity contribution in [3.8, 4) is 0 Å². The van der Waals surface area contributed by atoms with Crippen molar-refractivity contribution in [2.75, 3.05) is 20.6 Å². The topological polar surface area (TPSA) is 45.5 Å². The Kier molecular flexibility index (Phi) is 4.91. The normalized spacial score (nSPS) is 12.5. The van der Waals surface area contributed by atoms with E-state index in [9.17, 15) is 4.79 Å². The van der Waals surface area contributed by atoms with Gasteiger partial charge in [0.1, 0.15) is 5.58 Å². The second-order valence-electron chi connectivity index (χ2n) is 6.66. The summed E-state index contributed by atoms with van der Waals surface area (Å²) in [5, 5.41) is 4.01. The molecule has 0 fully saturated rings. The molecule has 1 aromatic heterocycles. The number of carbonyl (C=O) groups is 1. The summed E-state index contributed by atoms with van der Waals surface area (Å²) < 4.78 is 5.81. The number of hydrogen-bond donors (Lipinski definition) is 1. The minimum absolute atomic E-state index is 0.108. The Morgan fingerprint density at radius 1 is 1.12 bits per heavy atom. The first kappa shape index (κ1) is 17.2. The van der Waals surface area contributed by atoms with Crippen LogP contribution in [0.25, 0.3) is 11.0 Å². The third-order valence-electron chi connectivity index (χ3n) is 4.56. The first-order valence-corrected chi connectivity index (χ1v) is 8.46. The van der Waals surface area contributed by atoms with Crippen LogP contribution in [-0.4, -0.2) is 31.4 Å². The van der Waals surface area contributed by atoms with Crippen molar-refractivity contribution in [3.05, 3.63) is 71.0 Å². The molecule has 4 heteroatoms. The lowest BCUT2D eigenvalue weighted by atomic mass is 10.1. The van der Waals surface area contributed by atoms with Crippen molar-refractivity contribution in [2.45, 2.75) is 19.9 Å². The van der Waals surface area contributed by atoms with Crippen LogP contribution in [0.4, 0.5) is 0 Å². The predicted octanol–water partition coefficient (Wildman–Crippen LogP) is 4.08. The Hall–Kier alpha value is -2.59. The van der Waals surface area contributed by atoms with Crippen LogP contribution in [0.5, 0.6) is 0 Å². The number of carbonyl (C=O) groups excluding carboxylic acids is 1. The Balaban J connectivity index is 1.79. The number of nitrogens with zero attached hydrogens (tertiary/aromatic N) is 1. The summed E-state index contributed by atoms with van der Waals surface area (Å²) in [5.74, 6) is 0.223. The highest BCUT2D eigenvalue weighted by molar-refractivity contribution is 5.99. The van der Waals surface area contributed by atoms with Gasteiger partial charge < -0.3 is 14.6 Å². The van der Waals surface area contributed by atoms with Gasteiger partial charge >= 0.3 is 0 Å². The molecule has 130 valence electrons. The maximum absolute atomic E-state index is 12.7. The third-order valence-corrected chi connectivity index (χ3v) is 4.56. The van der Waals surface area contributed by atoms with E-state index in [4.69, 9.17) is 4.42 Å². The molecule has 0 spiro atoms. The number of hydrogen-bond acceptors (Lipinski definition) is 3. The minimum Gasteiger partial charge on any atom is -0.451 e. The molecule has 3 aromatic rings. The van der Waals surface area contributed by atoms with Gasteiger partial charge in [0, 0.05) is 17.5 Å². The van der Waals surface area contributed by atoms with Gasteiger partial charge in [-0.15, -0.1) is 0 Å². The summed E-state index contributed by atoms with van der Waals surface area (Å²) in [7, 11) is 4.03. The molecule has 1 heterocycles. The lowest BCUT2D eigenvalue weighted by Gasteiger charge is -2.25. The number of amides is 1. The Labute approximate surface area is 148 Å². The third kappa shape index (κ3) is 3.59. The summed E-state index contributed by atoms with van der Waals surface area (Å²) in [6.07, 6.45) is 0. The zero-order valence-corrected chi connectivity index (χ0v) is 15.2. The number of rotatable bonds is 5. The number of nitrogens with one attached hydrogen (secondary N) is 1. The highest BCUT2D eigenvalue weighted by atomic mass is 16.3. The van der Waals surface area contributed by atoms with Gasteiger partial charge in [0.2, 0.25) is 0 Å². The lowest BCUT2D eigenvalue weighted by Crippen LogP contribution is -2.34. The van der Waals surface area contributed by atoms with Crippen molar-refractivity contribution in [3.63, 3.8) is 0 Å². The second kappa shape index (κ2) is 7.11. The molecule has 1 amide bonds. The lowest BCUT2D eigenvalue weighted by molar-refractivity contribution is 0.0915.